The molecule has 2 aromatic carbocycles. The normalized spacial score (nSPS) is 12.9. The Kier molecular flexibility index (Phi) is 4.40. The van der Waals surface area contributed by atoms with E-state index in [9.17, 15) is 5.11 Å². The minimum Gasteiger partial charge on any atom is -0.496 e. The van der Waals surface area contributed by atoms with Crippen molar-refractivity contribution in [1.29, 1.82) is 0 Å². The van der Waals surface area contributed by atoms with E-state index in [1.165, 1.54) is 0 Å². The molecule has 0 amide bonds. The molecule has 3 nitrogen and oxygen atoms in total. The van der Waals surface area contributed by atoms with Crippen LogP contribution in [0.3, 0.4) is 0 Å². The average Bonchev–Trinajstić information content (AvgIpc) is 2.43. The lowest BCUT2D eigenvalue weighted by molar-refractivity contribution is 0.00548. The Morgan fingerprint density at radius 2 is 1.74 bits per heavy atom. The summed E-state index contributed by atoms with van der Waals surface area (Å²) in [4.78, 5) is 0. The molecule has 0 bridgehead atoms. The summed E-state index contributed by atoms with van der Waals surface area (Å²) >= 11 is 0. The smallest absolute Gasteiger partial charge is 0.126 e. The molecular weight excluding hydrogens is 240 g/mol. The summed E-state index contributed by atoms with van der Waals surface area (Å²) in [7, 11) is 1.65. The molecule has 2 rings (SSSR count). The summed E-state index contributed by atoms with van der Waals surface area (Å²) in [6.07, 6.45) is -0.516. The van der Waals surface area contributed by atoms with Gasteiger partial charge in [0.15, 0.2) is 0 Å². The first-order chi connectivity index (χ1) is 9.13. The van der Waals surface area contributed by atoms with Crippen LogP contribution in [0, 0.1) is 0 Å². The summed E-state index contributed by atoms with van der Waals surface area (Å²) in [6, 6.07) is 11.7. The molecule has 0 aliphatic rings. The SMILES string of the molecule is COc1ccc(C(O)COC(C)C)c2ccccc12. The van der Waals surface area contributed by atoms with Crippen LogP contribution >= 0.6 is 0 Å². The molecule has 0 aliphatic carbocycles. The van der Waals surface area contributed by atoms with Crippen LogP contribution in [0.25, 0.3) is 10.8 Å². The van der Waals surface area contributed by atoms with Crippen LogP contribution in [0.1, 0.15) is 25.5 Å². The zero-order chi connectivity index (χ0) is 13.8. The van der Waals surface area contributed by atoms with Crippen LogP contribution in [-0.4, -0.2) is 24.9 Å². The Balaban J connectivity index is 2.38. The molecule has 0 spiro atoms. The van der Waals surface area contributed by atoms with Crippen molar-refractivity contribution in [2.24, 2.45) is 0 Å². The summed E-state index contributed by atoms with van der Waals surface area (Å²) in [5, 5.41) is 12.3. The summed E-state index contributed by atoms with van der Waals surface area (Å²) in [5.74, 6) is 0.816. The molecule has 0 heterocycles. The highest BCUT2D eigenvalue weighted by Crippen LogP contribution is 2.31. The first-order valence-corrected chi connectivity index (χ1v) is 6.48. The van der Waals surface area contributed by atoms with Gasteiger partial charge in [-0.25, -0.2) is 0 Å². The third kappa shape index (κ3) is 3.06. The van der Waals surface area contributed by atoms with E-state index in [-0.39, 0.29) is 6.10 Å². The summed E-state index contributed by atoms with van der Waals surface area (Å²) < 4.78 is 10.8. The lowest BCUT2D eigenvalue weighted by Gasteiger charge is -2.17. The first kappa shape index (κ1) is 13.8. The lowest BCUT2D eigenvalue weighted by atomic mass is 10.00. The monoisotopic (exact) mass is 260 g/mol. The Morgan fingerprint density at radius 1 is 1.05 bits per heavy atom. The molecule has 19 heavy (non-hydrogen) atoms. The van der Waals surface area contributed by atoms with Gasteiger partial charge in [0.1, 0.15) is 11.9 Å². The standard InChI is InChI=1S/C16H20O3/c1-11(2)19-10-15(17)13-8-9-16(18-3)14-7-5-4-6-12(13)14/h4-9,11,15,17H,10H2,1-3H3. The van der Waals surface area contributed by atoms with E-state index >= 15 is 0 Å². The van der Waals surface area contributed by atoms with E-state index in [1.54, 1.807) is 7.11 Å². The van der Waals surface area contributed by atoms with Gasteiger partial charge in [-0.2, -0.15) is 0 Å². The maximum atomic E-state index is 10.3. The van der Waals surface area contributed by atoms with Crippen molar-refractivity contribution in [3.05, 3.63) is 42.0 Å². The molecule has 2 aromatic rings. The third-order valence-corrected chi connectivity index (χ3v) is 3.08. The second kappa shape index (κ2) is 6.04. The largest absolute Gasteiger partial charge is 0.496 e. The molecule has 1 atom stereocenters. The molecule has 0 saturated heterocycles. The second-order valence-corrected chi connectivity index (χ2v) is 4.80. The van der Waals surface area contributed by atoms with E-state index in [1.807, 2.05) is 50.2 Å². The summed E-state index contributed by atoms with van der Waals surface area (Å²) in [6.45, 7) is 4.21. The predicted molar refractivity (Wildman–Crippen MR) is 76.5 cm³/mol. The van der Waals surface area contributed by atoms with Crippen molar-refractivity contribution in [2.45, 2.75) is 26.1 Å². The van der Waals surface area contributed by atoms with Crippen molar-refractivity contribution in [1.82, 2.24) is 0 Å². The van der Waals surface area contributed by atoms with Gasteiger partial charge in [-0.3, -0.25) is 0 Å². The molecule has 0 aliphatic heterocycles. The van der Waals surface area contributed by atoms with Crippen LogP contribution in [0.5, 0.6) is 5.75 Å². The van der Waals surface area contributed by atoms with Crippen LogP contribution in [-0.2, 0) is 4.74 Å². The number of hydrogen-bond acceptors (Lipinski definition) is 3. The van der Waals surface area contributed by atoms with Crippen molar-refractivity contribution in [2.75, 3.05) is 13.7 Å². The van der Waals surface area contributed by atoms with Gasteiger partial charge in [-0.05, 0) is 30.9 Å². The van der Waals surface area contributed by atoms with Gasteiger partial charge in [-0.15, -0.1) is 0 Å². The summed E-state index contributed by atoms with van der Waals surface area (Å²) in [5.41, 5.74) is 0.872. The fraction of sp³-hybridized carbons (Fsp3) is 0.375. The van der Waals surface area contributed by atoms with Crippen molar-refractivity contribution >= 4 is 10.8 Å². The van der Waals surface area contributed by atoms with Crippen molar-refractivity contribution in [3.63, 3.8) is 0 Å². The number of methoxy groups -OCH3 is 1. The molecular formula is C16H20O3. The minimum atomic E-state index is -0.627. The fourth-order valence-electron chi connectivity index (χ4n) is 2.14. The zero-order valence-corrected chi connectivity index (χ0v) is 11.6. The molecule has 0 fully saturated rings. The van der Waals surface area contributed by atoms with Gasteiger partial charge in [0.25, 0.3) is 0 Å². The number of hydrogen-bond donors (Lipinski definition) is 1. The van der Waals surface area contributed by atoms with Gasteiger partial charge >= 0.3 is 0 Å². The van der Waals surface area contributed by atoms with E-state index in [0.717, 1.165) is 22.1 Å². The highest BCUT2D eigenvalue weighted by Gasteiger charge is 2.14. The highest BCUT2D eigenvalue weighted by molar-refractivity contribution is 5.91. The zero-order valence-electron chi connectivity index (χ0n) is 11.6. The number of ether oxygens (including phenoxy) is 2. The number of rotatable bonds is 5. The Bertz CT molecular complexity index is 549. The van der Waals surface area contributed by atoms with Crippen LogP contribution in [0.15, 0.2) is 36.4 Å². The van der Waals surface area contributed by atoms with Gasteiger partial charge < -0.3 is 14.6 Å². The number of aliphatic hydroxyl groups is 1. The van der Waals surface area contributed by atoms with Crippen LogP contribution in [0.2, 0.25) is 0 Å². The van der Waals surface area contributed by atoms with Crippen molar-refractivity contribution < 1.29 is 14.6 Å². The Morgan fingerprint density at radius 3 is 2.37 bits per heavy atom. The molecule has 3 heteroatoms. The van der Waals surface area contributed by atoms with E-state index in [0.29, 0.717) is 6.61 Å². The molecule has 0 saturated carbocycles. The predicted octanol–water partition coefficient (Wildman–Crippen LogP) is 3.31. The second-order valence-electron chi connectivity index (χ2n) is 4.80. The van der Waals surface area contributed by atoms with E-state index in [4.69, 9.17) is 9.47 Å². The van der Waals surface area contributed by atoms with Crippen LogP contribution < -0.4 is 4.74 Å². The van der Waals surface area contributed by atoms with Gasteiger partial charge in [0.2, 0.25) is 0 Å². The van der Waals surface area contributed by atoms with Gasteiger partial charge in [0.05, 0.1) is 19.8 Å². The number of aliphatic hydroxyl groups excluding tert-OH is 1. The third-order valence-electron chi connectivity index (χ3n) is 3.08. The molecule has 102 valence electrons. The van der Waals surface area contributed by atoms with Crippen molar-refractivity contribution in [3.8, 4) is 5.75 Å². The first-order valence-electron chi connectivity index (χ1n) is 6.48. The quantitative estimate of drug-likeness (QED) is 0.896. The van der Waals surface area contributed by atoms with Gasteiger partial charge in [-0.1, -0.05) is 30.3 Å². The molecule has 0 radical (unpaired) electrons. The lowest BCUT2D eigenvalue weighted by Crippen LogP contribution is -2.12. The highest BCUT2D eigenvalue weighted by atomic mass is 16.5. The topological polar surface area (TPSA) is 38.7 Å². The number of fused-ring (bicyclic) bond motifs is 1. The molecule has 1 unspecified atom stereocenters. The Hall–Kier alpha value is -1.58. The fourth-order valence-corrected chi connectivity index (χ4v) is 2.14. The maximum Gasteiger partial charge on any atom is 0.126 e. The minimum absolute atomic E-state index is 0.110. The number of benzene rings is 2. The van der Waals surface area contributed by atoms with E-state index < -0.39 is 6.10 Å². The van der Waals surface area contributed by atoms with Crippen LogP contribution in [0.4, 0.5) is 0 Å². The van der Waals surface area contributed by atoms with Gasteiger partial charge in [0, 0.05) is 5.39 Å². The van der Waals surface area contributed by atoms with E-state index in [2.05, 4.69) is 0 Å². The average molecular weight is 260 g/mol. The molecule has 0 aromatic heterocycles. The molecule has 1 N–H and O–H groups in total. The maximum absolute atomic E-state index is 10.3. The Labute approximate surface area is 113 Å².